The predicted molar refractivity (Wildman–Crippen MR) is 95.4 cm³/mol. The molecule has 1 aromatic rings. The van der Waals surface area contributed by atoms with E-state index in [9.17, 15) is 0 Å². The monoisotopic (exact) mass is 262 g/mol. The van der Waals surface area contributed by atoms with Gasteiger partial charge in [0.15, 0.2) is 0 Å². The smallest absolute Gasteiger partial charge is 0.0103 e. The van der Waals surface area contributed by atoms with Crippen LogP contribution in [0.5, 0.6) is 0 Å². The first-order chi connectivity index (χ1) is 9.65. The molecule has 0 heterocycles. The van der Waals surface area contributed by atoms with Crippen LogP contribution < -0.4 is 0 Å². The predicted octanol–water partition coefficient (Wildman–Crippen LogP) is 6.16. The number of benzene rings is 1. The Morgan fingerprint density at radius 2 is 1.25 bits per heavy atom. The second kappa shape index (κ2) is 7.30. The topological polar surface area (TPSA) is 0 Å². The molecule has 1 aromatic carbocycles. The highest BCUT2D eigenvalue weighted by molar-refractivity contribution is 5.86. The fourth-order valence-corrected chi connectivity index (χ4v) is 2.41. The highest BCUT2D eigenvalue weighted by atomic mass is 14.2. The minimum absolute atomic E-state index is 1.10. The molecular weight excluding hydrogens is 240 g/mol. The first-order valence-corrected chi connectivity index (χ1v) is 6.65. The average Bonchev–Trinajstić information content (AvgIpc) is 2.46. The van der Waals surface area contributed by atoms with Crippen LogP contribution in [0.1, 0.15) is 40.3 Å². The third-order valence-corrected chi connectivity index (χ3v) is 3.31. The average molecular weight is 262 g/mol. The molecule has 0 saturated heterocycles. The first-order valence-electron chi connectivity index (χ1n) is 6.65. The van der Waals surface area contributed by atoms with Crippen LogP contribution in [-0.2, 0) is 0 Å². The van der Waals surface area contributed by atoms with E-state index < -0.39 is 0 Å². The maximum absolute atomic E-state index is 3.96. The highest BCUT2D eigenvalue weighted by Gasteiger charge is 2.14. The fraction of sp³-hybridized carbons (Fsp3) is 0.100. The molecule has 0 aliphatic carbocycles. The van der Waals surface area contributed by atoms with Crippen LogP contribution in [0, 0.1) is 6.92 Å². The summed E-state index contributed by atoms with van der Waals surface area (Å²) >= 11 is 0. The zero-order chi connectivity index (χ0) is 15.1. The van der Waals surface area contributed by atoms with E-state index in [2.05, 4.69) is 45.4 Å². The molecule has 0 heteroatoms. The maximum Gasteiger partial charge on any atom is -0.0103 e. The molecule has 102 valence electrons. The van der Waals surface area contributed by atoms with Gasteiger partial charge in [0.2, 0.25) is 0 Å². The molecule has 0 bridgehead atoms. The Balaban J connectivity index is 3.94. The molecule has 20 heavy (non-hydrogen) atoms. The second-order valence-corrected chi connectivity index (χ2v) is 4.40. The van der Waals surface area contributed by atoms with Crippen molar-refractivity contribution in [1.29, 1.82) is 0 Å². The molecule has 0 amide bonds. The van der Waals surface area contributed by atoms with Crippen LogP contribution in [0.2, 0.25) is 0 Å². The Morgan fingerprint density at radius 3 is 1.70 bits per heavy atom. The molecule has 0 spiro atoms. The Hall–Kier alpha value is -2.34. The molecule has 0 saturated carbocycles. The van der Waals surface area contributed by atoms with Crippen molar-refractivity contribution in [3.05, 3.63) is 77.9 Å². The van der Waals surface area contributed by atoms with Crippen molar-refractivity contribution in [2.45, 2.75) is 13.8 Å². The Kier molecular flexibility index (Phi) is 5.74. The summed E-state index contributed by atoms with van der Waals surface area (Å²) in [4.78, 5) is 0. The summed E-state index contributed by atoms with van der Waals surface area (Å²) in [6.07, 6.45) is 15.6. The summed E-state index contributed by atoms with van der Waals surface area (Å²) in [5.41, 5.74) is 6.77. The summed E-state index contributed by atoms with van der Waals surface area (Å²) in [6.45, 7) is 19.7. The van der Waals surface area contributed by atoms with Crippen molar-refractivity contribution in [3.8, 4) is 0 Å². The van der Waals surface area contributed by atoms with Crippen LogP contribution in [0.4, 0.5) is 0 Å². The normalized spacial score (nSPS) is 10.9. The van der Waals surface area contributed by atoms with Crippen molar-refractivity contribution in [3.63, 3.8) is 0 Å². The Bertz CT molecular complexity index is 608. The molecule has 0 radical (unpaired) electrons. The summed E-state index contributed by atoms with van der Waals surface area (Å²) in [5.74, 6) is 0. The van der Waals surface area contributed by atoms with E-state index in [0.717, 1.165) is 27.8 Å². The molecular formula is C20H22. The van der Waals surface area contributed by atoms with E-state index in [1.807, 2.05) is 37.3 Å². The van der Waals surface area contributed by atoms with E-state index in [-0.39, 0.29) is 0 Å². The number of allylic oxidation sites excluding steroid dienone is 3. The third-order valence-electron chi connectivity index (χ3n) is 3.31. The van der Waals surface area contributed by atoms with Gasteiger partial charge in [0.25, 0.3) is 0 Å². The van der Waals surface area contributed by atoms with Crippen LogP contribution >= 0.6 is 0 Å². The summed E-state index contributed by atoms with van der Waals surface area (Å²) in [5, 5.41) is 0. The third kappa shape index (κ3) is 2.80. The van der Waals surface area contributed by atoms with Crippen LogP contribution in [0.15, 0.2) is 44.5 Å². The zero-order valence-corrected chi connectivity index (χ0v) is 12.4. The summed E-state index contributed by atoms with van der Waals surface area (Å²) in [6, 6.07) is 0. The Morgan fingerprint density at radius 1 is 0.700 bits per heavy atom. The van der Waals surface area contributed by atoms with Gasteiger partial charge in [-0.1, -0.05) is 74.9 Å². The van der Waals surface area contributed by atoms with Crippen molar-refractivity contribution in [1.82, 2.24) is 0 Å². The van der Waals surface area contributed by atoms with E-state index in [1.165, 1.54) is 5.56 Å². The number of hydrogen-bond acceptors (Lipinski definition) is 0. The van der Waals surface area contributed by atoms with Gasteiger partial charge in [0.05, 0.1) is 0 Å². The summed E-state index contributed by atoms with van der Waals surface area (Å²) < 4.78 is 0. The number of rotatable bonds is 6. The molecule has 0 fully saturated rings. The van der Waals surface area contributed by atoms with Gasteiger partial charge in [-0.2, -0.15) is 0 Å². The van der Waals surface area contributed by atoms with Gasteiger partial charge in [-0.25, -0.2) is 0 Å². The molecule has 0 nitrogen and oxygen atoms in total. The zero-order valence-electron chi connectivity index (χ0n) is 12.4. The van der Waals surface area contributed by atoms with Gasteiger partial charge < -0.3 is 0 Å². The quantitative estimate of drug-likeness (QED) is 0.539. The van der Waals surface area contributed by atoms with Crippen molar-refractivity contribution >= 4 is 30.4 Å². The van der Waals surface area contributed by atoms with Gasteiger partial charge in [0, 0.05) is 0 Å². The van der Waals surface area contributed by atoms with Gasteiger partial charge in [-0.15, -0.1) is 0 Å². The molecule has 1 rings (SSSR count). The van der Waals surface area contributed by atoms with Gasteiger partial charge in [-0.05, 0) is 47.2 Å². The molecule has 0 unspecified atom stereocenters. The lowest BCUT2D eigenvalue weighted by Crippen LogP contribution is -1.99. The van der Waals surface area contributed by atoms with E-state index in [0.29, 0.717) is 0 Å². The van der Waals surface area contributed by atoms with Crippen molar-refractivity contribution < 1.29 is 0 Å². The summed E-state index contributed by atoms with van der Waals surface area (Å²) in [7, 11) is 0. The van der Waals surface area contributed by atoms with Gasteiger partial charge >= 0.3 is 0 Å². The standard InChI is InChI=1S/C20H22/c1-7-12-14-19-15(6)16(9-3)17(10-4)20(13-8-2)18(19)11-5/h7-14H,1,3-5H2,2,6H3/b13-8-,14-12-. The van der Waals surface area contributed by atoms with Gasteiger partial charge in [-0.3, -0.25) is 0 Å². The SMILES string of the molecule is C=C/C=C\c1c(C)c(C=C)c(C=C)c(/C=C\C)c1C=C. The van der Waals surface area contributed by atoms with E-state index in [4.69, 9.17) is 0 Å². The lowest BCUT2D eigenvalue weighted by Gasteiger charge is -2.18. The Labute approximate surface area is 122 Å². The van der Waals surface area contributed by atoms with Crippen LogP contribution in [-0.4, -0.2) is 0 Å². The number of hydrogen-bond donors (Lipinski definition) is 0. The lowest BCUT2D eigenvalue weighted by molar-refractivity contribution is 1.37. The minimum atomic E-state index is 1.10. The lowest BCUT2D eigenvalue weighted by atomic mass is 9.86. The van der Waals surface area contributed by atoms with E-state index in [1.54, 1.807) is 6.08 Å². The molecule has 0 atom stereocenters. The van der Waals surface area contributed by atoms with Crippen LogP contribution in [0.3, 0.4) is 0 Å². The van der Waals surface area contributed by atoms with Gasteiger partial charge in [0.1, 0.15) is 0 Å². The first kappa shape index (κ1) is 15.7. The molecule has 0 aliphatic heterocycles. The fourth-order valence-electron chi connectivity index (χ4n) is 2.41. The van der Waals surface area contributed by atoms with Crippen LogP contribution in [0.25, 0.3) is 30.4 Å². The van der Waals surface area contributed by atoms with E-state index >= 15 is 0 Å². The highest BCUT2D eigenvalue weighted by Crippen LogP contribution is 2.32. The largest absolute Gasteiger partial charge is 0.0991 e. The molecule has 0 aliphatic rings. The molecule has 0 N–H and O–H groups in total. The minimum Gasteiger partial charge on any atom is -0.0991 e. The van der Waals surface area contributed by atoms with Crippen molar-refractivity contribution in [2.24, 2.45) is 0 Å². The molecule has 0 aromatic heterocycles. The van der Waals surface area contributed by atoms with Crippen molar-refractivity contribution in [2.75, 3.05) is 0 Å². The maximum atomic E-state index is 3.96. The second-order valence-electron chi connectivity index (χ2n) is 4.40.